The highest BCUT2D eigenvalue weighted by Gasteiger charge is 2.61. The number of benzene rings is 2. The highest BCUT2D eigenvalue weighted by Crippen LogP contribution is 2.52. The van der Waals surface area contributed by atoms with E-state index in [4.69, 9.17) is 0 Å². The lowest BCUT2D eigenvalue weighted by molar-refractivity contribution is 0.851. The van der Waals surface area contributed by atoms with Gasteiger partial charge in [0.1, 0.15) is 0 Å². The van der Waals surface area contributed by atoms with Crippen molar-refractivity contribution in [3.8, 4) is 0 Å². The van der Waals surface area contributed by atoms with E-state index in [-0.39, 0.29) is 0 Å². The van der Waals surface area contributed by atoms with Crippen LogP contribution in [-0.2, 0) is 21.8 Å². The zero-order chi connectivity index (χ0) is 12.3. The third kappa shape index (κ3) is 1.25. The fraction of sp³-hybridized carbons (Fsp3) is 0.250. The molecule has 0 amide bonds. The van der Waals surface area contributed by atoms with Crippen LogP contribution in [0.25, 0.3) is 0 Å². The van der Waals surface area contributed by atoms with Crippen LogP contribution >= 0.6 is 0 Å². The smallest absolute Gasteiger partial charge is 0.0569 e. The van der Waals surface area contributed by atoms with E-state index in [0.29, 0.717) is 21.8 Å². The summed E-state index contributed by atoms with van der Waals surface area (Å²) in [4.78, 5) is 6.46. The summed E-state index contributed by atoms with van der Waals surface area (Å²) >= 11 is 0. The molecule has 2 aromatic rings. The van der Waals surface area contributed by atoms with Gasteiger partial charge in [-0.25, -0.2) is 0 Å². The van der Waals surface area contributed by atoms with Crippen LogP contribution in [0.3, 0.4) is 0 Å². The average Bonchev–Trinajstić information content (AvgIpc) is 2.42. The summed E-state index contributed by atoms with van der Waals surface area (Å²) < 4.78 is 0. The summed E-state index contributed by atoms with van der Waals surface area (Å²) in [5, 5.41) is 1.58. The Morgan fingerprint density at radius 2 is 0.889 bits per heavy atom. The molecule has 5 rings (SSSR count). The summed E-state index contributed by atoms with van der Waals surface area (Å²) in [6, 6.07) is 18.3. The minimum absolute atomic E-state index is 0.297. The average molecular weight is 272 g/mol. The first-order valence-electron chi connectivity index (χ1n) is 6.43. The van der Waals surface area contributed by atoms with Crippen molar-refractivity contribution in [1.29, 1.82) is 0 Å². The lowest BCUT2D eigenvalue weighted by atomic mass is 10.3. The van der Waals surface area contributed by atoms with Crippen LogP contribution in [0.1, 0.15) is 13.8 Å². The molecule has 2 heteroatoms. The van der Waals surface area contributed by atoms with Crippen molar-refractivity contribution in [3.63, 3.8) is 0 Å². The number of fused-ring (bicyclic) bond motifs is 1. The molecule has 2 bridgehead atoms. The molecule has 0 unspecified atom stereocenters. The largest absolute Gasteiger partial charge is 0.216 e. The molecule has 2 aromatic carbocycles. The Morgan fingerprint density at radius 1 is 0.611 bits per heavy atom. The quantitative estimate of drug-likeness (QED) is 0.639. The van der Waals surface area contributed by atoms with Crippen molar-refractivity contribution in [3.05, 3.63) is 48.5 Å². The van der Waals surface area contributed by atoms with Gasteiger partial charge in [-0.15, -0.1) is 0 Å². The second-order valence-corrected chi connectivity index (χ2v) is 9.58. The van der Waals surface area contributed by atoms with E-state index in [1.807, 2.05) is 0 Å². The van der Waals surface area contributed by atoms with Crippen molar-refractivity contribution in [1.82, 2.24) is 0 Å². The minimum Gasteiger partial charge on any atom is -0.0569 e. The number of hydrogen-bond donors (Lipinski definition) is 0. The van der Waals surface area contributed by atoms with Crippen molar-refractivity contribution in [2.75, 3.05) is 0 Å². The third-order valence-corrected chi connectivity index (χ3v) is 10.1. The normalized spacial score (nSPS) is 31.9. The zero-order valence-corrected chi connectivity index (χ0v) is 12.2. The fourth-order valence-corrected chi connectivity index (χ4v) is 9.67. The maximum atomic E-state index is 2.44. The van der Waals surface area contributed by atoms with Gasteiger partial charge < -0.3 is 0 Å². The van der Waals surface area contributed by atoms with Crippen molar-refractivity contribution < 1.29 is 0 Å². The Hall–Kier alpha value is -0.860. The van der Waals surface area contributed by atoms with Crippen molar-refractivity contribution >= 4 is 21.8 Å². The summed E-state index contributed by atoms with van der Waals surface area (Å²) in [7, 11) is 0.593. The van der Waals surface area contributed by atoms with E-state index < -0.39 is 0 Å². The van der Waals surface area contributed by atoms with E-state index in [1.54, 1.807) is 19.6 Å². The van der Waals surface area contributed by atoms with Crippen molar-refractivity contribution in [2.24, 2.45) is 0 Å². The monoisotopic (exact) mass is 272 g/mol. The molecule has 2 atom stereocenters. The minimum atomic E-state index is 0.297. The molecular formula is C16H16S2+2. The van der Waals surface area contributed by atoms with Gasteiger partial charge in [-0.1, -0.05) is 24.3 Å². The first-order valence-corrected chi connectivity index (χ1v) is 9.01. The van der Waals surface area contributed by atoms with E-state index >= 15 is 0 Å². The Balaban J connectivity index is 2.06. The van der Waals surface area contributed by atoms with Crippen LogP contribution in [0.2, 0.25) is 0 Å². The first-order chi connectivity index (χ1) is 8.79. The molecule has 0 radical (unpaired) electrons. The SMILES string of the molecule is C[C@@H]1[C@H](C)[S+]2c3ccccc3[S+]1c1ccccc12. The summed E-state index contributed by atoms with van der Waals surface area (Å²) in [5.41, 5.74) is 0. The highest BCUT2D eigenvalue weighted by molar-refractivity contribution is 8.06. The summed E-state index contributed by atoms with van der Waals surface area (Å²) in [5.74, 6) is 0. The van der Waals surface area contributed by atoms with E-state index in [2.05, 4.69) is 62.4 Å². The molecule has 3 aliphatic rings. The lowest BCUT2D eigenvalue weighted by Crippen LogP contribution is -2.46. The molecule has 3 heterocycles. The Bertz CT molecular complexity index is 518. The maximum absolute atomic E-state index is 2.44. The van der Waals surface area contributed by atoms with Gasteiger partial charge in [0, 0.05) is 0 Å². The molecule has 3 aliphatic heterocycles. The van der Waals surface area contributed by atoms with Gasteiger partial charge in [-0.2, -0.15) is 0 Å². The first kappa shape index (κ1) is 11.0. The summed E-state index contributed by atoms with van der Waals surface area (Å²) in [6.45, 7) is 4.89. The lowest BCUT2D eigenvalue weighted by Gasteiger charge is -2.32. The molecule has 0 nitrogen and oxygen atoms in total. The van der Waals surface area contributed by atoms with Crippen LogP contribution in [0, 0.1) is 0 Å². The van der Waals surface area contributed by atoms with Gasteiger partial charge in [0.2, 0.25) is 19.6 Å². The van der Waals surface area contributed by atoms with Gasteiger partial charge in [0.05, 0.1) is 21.8 Å². The molecule has 90 valence electrons. The Labute approximate surface area is 114 Å². The predicted octanol–water partition coefficient (Wildman–Crippen LogP) is 3.86. The molecule has 0 N–H and O–H groups in total. The molecule has 0 fully saturated rings. The van der Waals surface area contributed by atoms with Gasteiger partial charge in [0.25, 0.3) is 0 Å². The molecule has 18 heavy (non-hydrogen) atoms. The number of hydrogen-bond acceptors (Lipinski definition) is 0. The fourth-order valence-electron chi connectivity index (χ4n) is 3.05. The Kier molecular flexibility index (Phi) is 2.33. The maximum Gasteiger partial charge on any atom is 0.216 e. The highest BCUT2D eigenvalue weighted by atomic mass is 32.2. The number of rotatable bonds is 0. The van der Waals surface area contributed by atoms with Crippen molar-refractivity contribution in [2.45, 2.75) is 43.9 Å². The second kappa shape index (κ2) is 3.82. The van der Waals surface area contributed by atoms with E-state index in [9.17, 15) is 0 Å². The van der Waals surface area contributed by atoms with Crippen LogP contribution < -0.4 is 0 Å². The van der Waals surface area contributed by atoms with Gasteiger partial charge in [0.15, 0.2) is 10.5 Å². The zero-order valence-electron chi connectivity index (χ0n) is 10.6. The van der Waals surface area contributed by atoms with Crippen LogP contribution in [0.5, 0.6) is 0 Å². The summed E-state index contributed by atoms with van der Waals surface area (Å²) in [6.07, 6.45) is 0. The van der Waals surface area contributed by atoms with Crippen LogP contribution in [0.4, 0.5) is 0 Å². The molecule has 0 saturated heterocycles. The standard InChI is InChI=1S/C16H16S2/c1-11-12(2)18-15-9-5-3-7-13(15)17(11)14-8-4-6-10-16(14)18/h3-12H,1-2H3/q+2/t11-,12+,17?,18?. The third-order valence-electron chi connectivity index (χ3n) is 4.05. The van der Waals surface area contributed by atoms with E-state index in [0.717, 1.165) is 10.5 Å². The predicted molar refractivity (Wildman–Crippen MR) is 79.6 cm³/mol. The van der Waals surface area contributed by atoms with Crippen LogP contribution in [-0.4, -0.2) is 10.5 Å². The van der Waals surface area contributed by atoms with Gasteiger partial charge in [-0.05, 0) is 38.1 Å². The van der Waals surface area contributed by atoms with Gasteiger partial charge in [-0.3, -0.25) is 0 Å². The molecule has 0 aromatic heterocycles. The Morgan fingerprint density at radius 3 is 1.17 bits per heavy atom. The second-order valence-electron chi connectivity index (χ2n) is 4.98. The topological polar surface area (TPSA) is 0 Å². The van der Waals surface area contributed by atoms with Gasteiger partial charge >= 0.3 is 0 Å². The molecular weight excluding hydrogens is 256 g/mol. The molecule has 0 aliphatic carbocycles. The van der Waals surface area contributed by atoms with E-state index in [1.165, 1.54) is 0 Å². The van der Waals surface area contributed by atoms with Crippen LogP contribution in [0.15, 0.2) is 68.1 Å². The molecule has 0 spiro atoms. The molecule has 0 saturated carbocycles.